The van der Waals surface area contributed by atoms with Crippen molar-refractivity contribution in [2.24, 2.45) is 0 Å². The molecule has 0 spiro atoms. The summed E-state index contributed by atoms with van der Waals surface area (Å²) in [6, 6.07) is 14.4. The summed E-state index contributed by atoms with van der Waals surface area (Å²) in [7, 11) is 0. The lowest BCUT2D eigenvalue weighted by atomic mass is 10.2. The van der Waals surface area contributed by atoms with Crippen LogP contribution in [-0.4, -0.2) is 39.4 Å². The first kappa shape index (κ1) is 20.0. The summed E-state index contributed by atoms with van der Waals surface area (Å²) >= 11 is 0. The lowest BCUT2D eigenvalue weighted by Crippen LogP contribution is -2.28. The van der Waals surface area contributed by atoms with Crippen LogP contribution < -0.4 is 19.7 Å². The maximum atomic E-state index is 13.0. The molecule has 2 aromatic carbocycles. The molecule has 0 unspecified atom stereocenters. The minimum absolute atomic E-state index is 0.197. The number of hydrogen-bond donors (Lipinski definition) is 1. The van der Waals surface area contributed by atoms with E-state index in [9.17, 15) is 4.39 Å². The molecule has 26 heavy (non-hydrogen) atoms. The zero-order valence-electron chi connectivity index (χ0n) is 15.7. The van der Waals surface area contributed by atoms with Crippen molar-refractivity contribution in [1.29, 1.82) is 0 Å². The zero-order chi connectivity index (χ0) is 18.6. The monoisotopic (exact) mass is 360 g/mol. The Morgan fingerprint density at radius 1 is 0.923 bits per heavy atom. The Labute approximate surface area is 155 Å². The highest BCUT2D eigenvalue weighted by Gasteiger charge is 2.05. The number of nitrogens with zero attached hydrogens (tertiary/aromatic N) is 1. The first-order valence-electron chi connectivity index (χ1n) is 9.30. The predicted octanol–water partition coefficient (Wildman–Crippen LogP) is 4.11. The Kier molecular flexibility index (Phi) is 8.76. The third-order valence-electron chi connectivity index (χ3n) is 4.04. The Balaban J connectivity index is 1.62. The quantitative estimate of drug-likeness (QED) is 0.578. The van der Waals surface area contributed by atoms with Crippen molar-refractivity contribution in [3.05, 3.63) is 54.3 Å². The van der Waals surface area contributed by atoms with E-state index in [1.54, 1.807) is 0 Å². The molecule has 0 radical (unpaired) electrons. The van der Waals surface area contributed by atoms with Crippen LogP contribution in [0.15, 0.2) is 48.5 Å². The van der Waals surface area contributed by atoms with E-state index in [-0.39, 0.29) is 5.82 Å². The van der Waals surface area contributed by atoms with Crippen molar-refractivity contribution in [2.45, 2.75) is 20.3 Å². The van der Waals surface area contributed by atoms with Gasteiger partial charge in [0.2, 0.25) is 0 Å². The van der Waals surface area contributed by atoms with Gasteiger partial charge in [-0.3, -0.25) is 0 Å². The van der Waals surface area contributed by atoms with E-state index in [2.05, 4.69) is 17.1 Å². The molecule has 4 nitrogen and oxygen atoms in total. The van der Waals surface area contributed by atoms with Crippen LogP contribution in [0, 0.1) is 5.82 Å². The van der Waals surface area contributed by atoms with E-state index in [4.69, 9.17) is 9.47 Å². The molecule has 2 aromatic rings. The van der Waals surface area contributed by atoms with Crippen LogP contribution in [0.5, 0.6) is 11.5 Å². The van der Waals surface area contributed by atoms with Gasteiger partial charge in [0.15, 0.2) is 11.5 Å². The number of halogens is 1. The molecule has 0 aromatic heterocycles. The summed E-state index contributed by atoms with van der Waals surface area (Å²) in [4.78, 5) is 2.25. The second-order valence-corrected chi connectivity index (χ2v) is 5.89. The molecular formula is C21H29FN2O2. The fourth-order valence-electron chi connectivity index (χ4n) is 2.72. The van der Waals surface area contributed by atoms with Crippen LogP contribution in [-0.2, 0) is 0 Å². The molecule has 0 bridgehead atoms. The van der Waals surface area contributed by atoms with Crippen molar-refractivity contribution < 1.29 is 13.9 Å². The fraction of sp³-hybridized carbons (Fsp3) is 0.429. The van der Waals surface area contributed by atoms with Crippen molar-refractivity contribution in [2.75, 3.05) is 44.3 Å². The molecule has 5 heteroatoms. The Bertz CT molecular complexity index is 634. The number of benzene rings is 2. The normalized spacial score (nSPS) is 10.6. The molecule has 0 saturated heterocycles. The summed E-state index contributed by atoms with van der Waals surface area (Å²) in [6.45, 7) is 8.83. The number of rotatable bonds is 12. The van der Waals surface area contributed by atoms with E-state index in [1.165, 1.54) is 12.1 Å². The Hall–Kier alpha value is -2.27. The summed E-state index contributed by atoms with van der Waals surface area (Å²) in [5.74, 6) is 1.37. The zero-order valence-corrected chi connectivity index (χ0v) is 15.7. The second kappa shape index (κ2) is 11.4. The van der Waals surface area contributed by atoms with Crippen LogP contribution in [0.25, 0.3) is 0 Å². The molecule has 0 saturated carbocycles. The highest BCUT2D eigenvalue weighted by molar-refractivity contribution is 5.46. The van der Waals surface area contributed by atoms with Gasteiger partial charge >= 0.3 is 0 Å². The number of para-hydroxylation sites is 2. The van der Waals surface area contributed by atoms with E-state index in [1.807, 2.05) is 43.3 Å². The largest absolute Gasteiger partial charge is 0.490 e. The molecule has 0 amide bonds. The van der Waals surface area contributed by atoms with Crippen LogP contribution >= 0.6 is 0 Å². The van der Waals surface area contributed by atoms with Gasteiger partial charge in [0, 0.05) is 25.3 Å². The third kappa shape index (κ3) is 6.56. The highest BCUT2D eigenvalue weighted by Crippen LogP contribution is 2.26. The van der Waals surface area contributed by atoms with E-state index < -0.39 is 0 Å². The first-order valence-corrected chi connectivity index (χ1v) is 9.30. The highest BCUT2D eigenvalue weighted by atomic mass is 19.1. The van der Waals surface area contributed by atoms with Crippen LogP contribution in [0.4, 0.5) is 10.1 Å². The number of ether oxygens (including phenoxy) is 2. The van der Waals surface area contributed by atoms with Gasteiger partial charge in [-0.25, -0.2) is 4.39 Å². The van der Waals surface area contributed by atoms with Crippen molar-refractivity contribution in [1.82, 2.24) is 5.32 Å². The molecule has 0 fully saturated rings. The minimum atomic E-state index is -0.197. The molecular weight excluding hydrogens is 331 g/mol. The summed E-state index contributed by atoms with van der Waals surface area (Å²) in [5, 5.41) is 3.39. The van der Waals surface area contributed by atoms with E-state index >= 15 is 0 Å². The maximum absolute atomic E-state index is 13.0. The van der Waals surface area contributed by atoms with Gasteiger partial charge in [0.1, 0.15) is 12.4 Å². The van der Waals surface area contributed by atoms with E-state index in [0.29, 0.717) is 13.2 Å². The van der Waals surface area contributed by atoms with Crippen molar-refractivity contribution in [3.8, 4) is 11.5 Å². The molecule has 0 aliphatic carbocycles. The summed E-state index contributed by atoms with van der Waals surface area (Å²) in [5.41, 5.74) is 1.06. The molecule has 0 aliphatic rings. The fourth-order valence-corrected chi connectivity index (χ4v) is 2.72. The van der Waals surface area contributed by atoms with Gasteiger partial charge in [-0.05, 0) is 63.2 Å². The van der Waals surface area contributed by atoms with Crippen LogP contribution in [0.1, 0.15) is 20.3 Å². The van der Waals surface area contributed by atoms with Gasteiger partial charge in [0.25, 0.3) is 0 Å². The number of hydrogen-bond acceptors (Lipinski definition) is 4. The Morgan fingerprint density at radius 3 is 2.27 bits per heavy atom. The Morgan fingerprint density at radius 2 is 1.62 bits per heavy atom. The molecule has 0 heterocycles. The SMILES string of the molecule is CCOc1ccccc1OCCNCCCN(CC)c1ccc(F)cc1. The van der Waals surface area contributed by atoms with Crippen molar-refractivity contribution in [3.63, 3.8) is 0 Å². The van der Waals surface area contributed by atoms with Gasteiger partial charge < -0.3 is 19.7 Å². The van der Waals surface area contributed by atoms with Gasteiger partial charge in [0.05, 0.1) is 6.61 Å². The van der Waals surface area contributed by atoms with Crippen LogP contribution in [0.3, 0.4) is 0 Å². The van der Waals surface area contributed by atoms with Gasteiger partial charge in [-0.15, -0.1) is 0 Å². The average molecular weight is 360 g/mol. The standard InChI is InChI=1S/C21H29FN2O2/c1-3-24(19-12-10-18(22)11-13-19)16-7-14-23-15-17-26-21-9-6-5-8-20(21)25-4-2/h5-6,8-13,23H,3-4,7,14-17H2,1-2H3. The number of nitrogens with one attached hydrogen (secondary N) is 1. The molecule has 0 aliphatic heterocycles. The summed E-state index contributed by atoms with van der Waals surface area (Å²) in [6.07, 6.45) is 1.01. The first-order chi connectivity index (χ1) is 12.7. The lowest BCUT2D eigenvalue weighted by Gasteiger charge is -2.23. The maximum Gasteiger partial charge on any atom is 0.161 e. The second-order valence-electron chi connectivity index (χ2n) is 5.89. The molecule has 142 valence electrons. The summed E-state index contributed by atoms with van der Waals surface area (Å²) < 4.78 is 24.4. The topological polar surface area (TPSA) is 33.7 Å². The lowest BCUT2D eigenvalue weighted by molar-refractivity contribution is 0.276. The molecule has 2 rings (SSSR count). The minimum Gasteiger partial charge on any atom is -0.490 e. The van der Waals surface area contributed by atoms with Crippen LogP contribution in [0.2, 0.25) is 0 Å². The smallest absolute Gasteiger partial charge is 0.161 e. The molecule has 1 N–H and O–H groups in total. The van der Waals surface area contributed by atoms with Gasteiger partial charge in [-0.1, -0.05) is 12.1 Å². The average Bonchev–Trinajstić information content (AvgIpc) is 2.66. The third-order valence-corrected chi connectivity index (χ3v) is 4.04. The van der Waals surface area contributed by atoms with E-state index in [0.717, 1.165) is 49.8 Å². The van der Waals surface area contributed by atoms with Crippen molar-refractivity contribution >= 4 is 5.69 Å². The predicted molar refractivity (Wildman–Crippen MR) is 105 cm³/mol. The number of anilines is 1. The van der Waals surface area contributed by atoms with Gasteiger partial charge in [-0.2, -0.15) is 0 Å². The molecule has 0 atom stereocenters.